The summed E-state index contributed by atoms with van der Waals surface area (Å²) in [6.45, 7) is -0.0476. The Morgan fingerprint density at radius 1 is 1.05 bits per heavy atom. The number of rotatable bonds is 5. The van der Waals surface area contributed by atoms with E-state index in [1.807, 2.05) is 0 Å². The molecule has 2 aliphatic heterocycles. The number of piperidine rings is 2. The van der Waals surface area contributed by atoms with E-state index in [0.29, 0.717) is 5.56 Å². The Balaban J connectivity index is 1.66. The molecule has 37 heavy (non-hydrogen) atoms. The monoisotopic (exact) mass is 526 g/mol. The third kappa shape index (κ3) is 4.54. The van der Waals surface area contributed by atoms with Gasteiger partial charge in [-0.2, -0.15) is 13.2 Å². The molecule has 1 spiro atoms. The molecule has 2 atom stereocenters. The van der Waals surface area contributed by atoms with Crippen LogP contribution in [0.4, 0.5) is 22.0 Å². The molecule has 4 rings (SSSR count). The molecule has 2 amide bonds. The zero-order valence-electron chi connectivity index (χ0n) is 20.3. The molecule has 0 radical (unpaired) electrons. The van der Waals surface area contributed by atoms with E-state index in [2.05, 4.69) is 5.32 Å². The highest BCUT2D eigenvalue weighted by Gasteiger charge is 2.64. The summed E-state index contributed by atoms with van der Waals surface area (Å²) in [4.78, 5) is 27.0. The molecule has 0 aromatic heterocycles. The largest absolute Gasteiger partial charge is 0.496 e. The minimum absolute atomic E-state index is 0.0230. The Bertz CT molecular complexity index is 1170. The number of benzene rings is 2. The van der Waals surface area contributed by atoms with Gasteiger partial charge in [0.15, 0.2) is 11.6 Å². The van der Waals surface area contributed by atoms with Crippen molar-refractivity contribution in [3.05, 3.63) is 65.2 Å². The molecule has 2 heterocycles. The number of hydrogen-bond donors (Lipinski definition) is 1. The fourth-order valence-electron chi connectivity index (χ4n) is 5.68. The molecule has 2 aromatic rings. The molecule has 6 nitrogen and oxygen atoms in total. The van der Waals surface area contributed by atoms with Gasteiger partial charge in [-0.3, -0.25) is 9.59 Å². The SMILES string of the molecule is COc1cc(F)c(F)cc1[C@@H]1CNC(=O)CC12CCN(C(=O)[C@](OC)(c1ccccc1)C(F)(F)F)CC2. The summed E-state index contributed by atoms with van der Waals surface area (Å²) in [5, 5.41) is 2.74. The molecule has 0 aliphatic carbocycles. The number of nitrogens with one attached hydrogen (secondary N) is 1. The van der Waals surface area contributed by atoms with Gasteiger partial charge in [0.2, 0.25) is 5.91 Å². The van der Waals surface area contributed by atoms with E-state index in [4.69, 9.17) is 9.47 Å². The predicted octanol–water partition coefficient (Wildman–Crippen LogP) is 4.29. The van der Waals surface area contributed by atoms with E-state index in [0.717, 1.165) is 24.1 Å². The van der Waals surface area contributed by atoms with Crippen molar-refractivity contribution in [3.8, 4) is 5.75 Å². The molecule has 2 fully saturated rings. The van der Waals surface area contributed by atoms with Gasteiger partial charge < -0.3 is 19.7 Å². The number of hydrogen-bond acceptors (Lipinski definition) is 4. The van der Waals surface area contributed by atoms with Crippen LogP contribution in [0.2, 0.25) is 0 Å². The zero-order chi connectivity index (χ0) is 27.0. The number of ether oxygens (including phenoxy) is 2. The molecule has 11 heteroatoms. The van der Waals surface area contributed by atoms with E-state index < -0.39 is 40.7 Å². The van der Waals surface area contributed by atoms with Crippen LogP contribution in [0.25, 0.3) is 0 Å². The zero-order valence-corrected chi connectivity index (χ0v) is 20.3. The Morgan fingerprint density at radius 2 is 1.68 bits per heavy atom. The molecule has 0 unspecified atom stereocenters. The quantitative estimate of drug-likeness (QED) is 0.591. The summed E-state index contributed by atoms with van der Waals surface area (Å²) in [6, 6.07) is 8.68. The second kappa shape index (κ2) is 9.92. The molecule has 200 valence electrons. The molecule has 2 aromatic carbocycles. The highest BCUT2D eigenvalue weighted by molar-refractivity contribution is 5.88. The van der Waals surface area contributed by atoms with Gasteiger partial charge in [0.1, 0.15) is 5.75 Å². The fraction of sp³-hybridized carbons (Fsp3) is 0.462. The lowest BCUT2D eigenvalue weighted by atomic mass is 9.62. The fourth-order valence-corrected chi connectivity index (χ4v) is 5.68. The van der Waals surface area contributed by atoms with Crippen molar-refractivity contribution in [2.24, 2.45) is 5.41 Å². The Hall–Kier alpha value is -3.21. The second-order valence-electron chi connectivity index (χ2n) is 9.45. The maximum absolute atomic E-state index is 14.4. The van der Waals surface area contributed by atoms with Crippen molar-refractivity contribution < 1.29 is 41.0 Å². The number of likely N-dealkylation sites (tertiary alicyclic amines) is 1. The third-order valence-corrected chi connectivity index (χ3v) is 7.64. The number of nitrogens with zero attached hydrogens (tertiary/aromatic N) is 1. The van der Waals surface area contributed by atoms with E-state index in [1.54, 1.807) is 0 Å². The number of alkyl halides is 3. The second-order valence-corrected chi connectivity index (χ2v) is 9.45. The van der Waals surface area contributed by atoms with E-state index in [9.17, 15) is 31.5 Å². The molecular weight excluding hydrogens is 499 g/mol. The third-order valence-electron chi connectivity index (χ3n) is 7.64. The van der Waals surface area contributed by atoms with Crippen molar-refractivity contribution in [1.82, 2.24) is 10.2 Å². The standard InChI is InChI=1S/C26H27F5N2O4/c1-36-21-13-20(28)19(27)12-17(21)18-15-32-22(34)14-24(18)8-10-33(11-9-24)23(35)25(37-2,26(29,30)31)16-6-4-3-5-7-16/h3-7,12-13,18H,8-11,14-15H2,1-2H3,(H,32,34)/t18-,25+/m0/s1. The summed E-state index contributed by atoms with van der Waals surface area (Å²) in [5.41, 5.74) is -3.97. The number of halogens is 5. The van der Waals surface area contributed by atoms with Crippen molar-refractivity contribution >= 4 is 11.8 Å². The van der Waals surface area contributed by atoms with E-state index in [1.165, 1.54) is 37.4 Å². The normalized spacial score (nSPS) is 21.3. The van der Waals surface area contributed by atoms with Crippen LogP contribution < -0.4 is 10.1 Å². The lowest BCUT2D eigenvalue weighted by molar-refractivity contribution is -0.271. The summed E-state index contributed by atoms with van der Waals surface area (Å²) >= 11 is 0. The van der Waals surface area contributed by atoms with Crippen LogP contribution in [0.15, 0.2) is 42.5 Å². The van der Waals surface area contributed by atoms with Crippen molar-refractivity contribution in [3.63, 3.8) is 0 Å². The average molecular weight is 527 g/mol. The summed E-state index contributed by atoms with van der Waals surface area (Å²) < 4.78 is 81.5. The summed E-state index contributed by atoms with van der Waals surface area (Å²) in [7, 11) is 2.16. The number of carbonyl (C=O) groups excluding carboxylic acids is 2. The van der Waals surface area contributed by atoms with Gasteiger partial charge in [0, 0.05) is 56.3 Å². The van der Waals surface area contributed by atoms with E-state index in [-0.39, 0.29) is 56.1 Å². The number of methoxy groups -OCH3 is 2. The lowest BCUT2D eigenvalue weighted by Crippen LogP contribution is -2.60. The highest BCUT2D eigenvalue weighted by atomic mass is 19.4. The van der Waals surface area contributed by atoms with Crippen LogP contribution in [0.5, 0.6) is 5.75 Å². The average Bonchev–Trinajstić information content (AvgIpc) is 2.86. The molecule has 2 saturated heterocycles. The number of amides is 2. The van der Waals surface area contributed by atoms with Crippen LogP contribution in [0.3, 0.4) is 0 Å². The summed E-state index contributed by atoms with van der Waals surface area (Å²) in [5.74, 6) is -4.06. The van der Waals surface area contributed by atoms with Gasteiger partial charge in [-0.05, 0) is 24.3 Å². The first-order valence-electron chi connectivity index (χ1n) is 11.8. The number of carbonyl (C=O) groups is 2. The van der Waals surface area contributed by atoms with Gasteiger partial charge in [0.05, 0.1) is 7.11 Å². The Labute approximate surface area is 210 Å². The predicted molar refractivity (Wildman–Crippen MR) is 123 cm³/mol. The molecule has 0 bridgehead atoms. The van der Waals surface area contributed by atoms with Gasteiger partial charge in [-0.15, -0.1) is 0 Å². The summed E-state index contributed by atoms with van der Waals surface area (Å²) in [6.07, 6.45) is -4.67. The minimum atomic E-state index is -5.04. The van der Waals surface area contributed by atoms with Crippen molar-refractivity contribution in [2.75, 3.05) is 33.9 Å². The lowest BCUT2D eigenvalue weighted by Gasteiger charge is -2.50. The molecular formula is C26H27F5N2O4. The first-order valence-corrected chi connectivity index (χ1v) is 11.8. The molecule has 2 aliphatic rings. The van der Waals surface area contributed by atoms with Crippen molar-refractivity contribution in [2.45, 2.75) is 37.0 Å². The van der Waals surface area contributed by atoms with Gasteiger partial charge in [-0.25, -0.2) is 8.78 Å². The van der Waals surface area contributed by atoms with Gasteiger partial charge in [0.25, 0.3) is 11.5 Å². The first-order chi connectivity index (χ1) is 17.5. The van der Waals surface area contributed by atoms with Crippen LogP contribution in [-0.2, 0) is 19.9 Å². The minimum Gasteiger partial charge on any atom is -0.496 e. The maximum atomic E-state index is 14.4. The highest BCUT2D eigenvalue weighted by Crippen LogP contribution is 2.52. The molecule has 1 N–H and O–H groups in total. The van der Waals surface area contributed by atoms with Crippen LogP contribution in [0.1, 0.15) is 36.3 Å². The first kappa shape index (κ1) is 26.8. The van der Waals surface area contributed by atoms with Crippen LogP contribution >= 0.6 is 0 Å². The smallest absolute Gasteiger partial charge is 0.430 e. The van der Waals surface area contributed by atoms with Crippen molar-refractivity contribution in [1.29, 1.82) is 0 Å². The Morgan fingerprint density at radius 3 is 2.24 bits per heavy atom. The Kier molecular flexibility index (Phi) is 7.20. The van der Waals surface area contributed by atoms with Crippen LogP contribution in [0, 0.1) is 17.0 Å². The topological polar surface area (TPSA) is 67.9 Å². The van der Waals surface area contributed by atoms with Crippen LogP contribution in [-0.4, -0.2) is 56.7 Å². The van der Waals surface area contributed by atoms with Gasteiger partial charge >= 0.3 is 6.18 Å². The molecule has 0 saturated carbocycles. The van der Waals surface area contributed by atoms with Gasteiger partial charge in [-0.1, -0.05) is 30.3 Å². The van der Waals surface area contributed by atoms with E-state index >= 15 is 0 Å². The maximum Gasteiger partial charge on any atom is 0.430 e.